The zero-order chi connectivity index (χ0) is 17.7. The molecule has 130 valence electrons. The van der Waals surface area contributed by atoms with Gasteiger partial charge in [-0.15, -0.1) is 11.3 Å². The summed E-state index contributed by atoms with van der Waals surface area (Å²) >= 11 is 1.42. The SMILES string of the molecule is Cc1ccsc1C(=O)NCc1ccc(CS(=O)(=O)NC(C)C)cc1. The fourth-order valence-electron chi connectivity index (χ4n) is 2.24. The highest BCUT2D eigenvalue weighted by Gasteiger charge is 2.13. The minimum atomic E-state index is -3.33. The summed E-state index contributed by atoms with van der Waals surface area (Å²) in [6, 6.07) is 9.02. The molecule has 24 heavy (non-hydrogen) atoms. The van der Waals surface area contributed by atoms with Crippen LogP contribution >= 0.6 is 11.3 Å². The Morgan fingerprint density at radius 1 is 1.12 bits per heavy atom. The fraction of sp³-hybridized carbons (Fsp3) is 0.353. The highest BCUT2D eigenvalue weighted by molar-refractivity contribution is 7.88. The van der Waals surface area contributed by atoms with Gasteiger partial charge in [0.15, 0.2) is 0 Å². The summed E-state index contributed by atoms with van der Waals surface area (Å²) < 4.78 is 26.4. The van der Waals surface area contributed by atoms with Crippen LogP contribution in [0, 0.1) is 6.92 Å². The lowest BCUT2D eigenvalue weighted by Crippen LogP contribution is -2.31. The molecule has 0 bridgehead atoms. The first-order valence-electron chi connectivity index (χ1n) is 7.67. The van der Waals surface area contributed by atoms with E-state index in [0.717, 1.165) is 16.0 Å². The van der Waals surface area contributed by atoms with Crippen LogP contribution in [0.1, 0.15) is 40.2 Å². The van der Waals surface area contributed by atoms with Gasteiger partial charge in [-0.2, -0.15) is 0 Å². The largest absolute Gasteiger partial charge is 0.347 e. The molecule has 0 fully saturated rings. The Labute approximate surface area is 147 Å². The van der Waals surface area contributed by atoms with E-state index in [2.05, 4.69) is 10.0 Å². The lowest BCUT2D eigenvalue weighted by Gasteiger charge is -2.10. The van der Waals surface area contributed by atoms with Gasteiger partial charge >= 0.3 is 0 Å². The molecule has 5 nitrogen and oxygen atoms in total. The van der Waals surface area contributed by atoms with Crippen molar-refractivity contribution in [3.8, 4) is 0 Å². The summed E-state index contributed by atoms with van der Waals surface area (Å²) in [5.74, 6) is -0.137. The average molecular weight is 367 g/mol. The molecule has 0 aliphatic heterocycles. The van der Waals surface area contributed by atoms with Gasteiger partial charge in [0.2, 0.25) is 10.0 Å². The molecule has 0 saturated carbocycles. The lowest BCUT2D eigenvalue weighted by molar-refractivity contribution is 0.0954. The van der Waals surface area contributed by atoms with Crippen molar-refractivity contribution in [3.63, 3.8) is 0 Å². The van der Waals surface area contributed by atoms with E-state index in [-0.39, 0.29) is 17.7 Å². The third-order valence-electron chi connectivity index (χ3n) is 3.32. The first-order chi connectivity index (χ1) is 11.3. The summed E-state index contributed by atoms with van der Waals surface area (Å²) in [7, 11) is -3.33. The van der Waals surface area contributed by atoms with Gasteiger partial charge in [0.1, 0.15) is 0 Å². The monoisotopic (exact) mass is 366 g/mol. The molecular formula is C17H22N2O3S2. The number of hydrogen-bond donors (Lipinski definition) is 2. The third-order valence-corrected chi connectivity index (χ3v) is 5.88. The number of hydrogen-bond acceptors (Lipinski definition) is 4. The molecule has 0 aliphatic rings. The van der Waals surface area contributed by atoms with E-state index in [4.69, 9.17) is 0 Å². The molecule has 1 heterocycles. The number of benzene rings is 1. The van der Waals surface area contributed by atoms with E-state index in [0.29, 0.717) is 12.1 Å². The van der Waals surface area contributed by atoms with Crippen molar-refractivity contribution in [2.75, 3.05) is 0 Å². The molecule has 0 atom stereocenters. The molecule has 0 radical (unpaired) electrons. The molecule has 0 unspecified atom stereocenters. The van der Waals surface area contributed by atoms with Crippen molar-refractivity contribution in [2.45, 2.75) is 39.1 Å². The maximum atomic E-state index is 12.1. The molecule has 2 N–H and O–H groups in total. The number of carbonyl (C=O) groups excluding carboxylic acids is 1. The van der Waals surface area contributed by atoms with E-state index in [1.807, 2.05) is 30.5 Å². The number of nitrogens with one attached hydrogen (secondary N) is 2. The van der Waals surface area contributed by atoms with Crippen LogP contribution in [-0.2, 0) is 22.3 Å². The number of sulfonamides is 1. The molecular weight excluding hydrogens is 344 g/mol. The number of thiophene rings is 1. The van der Waals surface area contributed by atoms with Crippen LogP contribution in [0.25, 0.3) is 0 Å². The van der Waals surface area contributed by atoms with Gasteiger partial charge in [0.25, 0.3) is 5.91 Å². The summed E-state index contributed by atoms with van der Waals surface area (Å²) in [5, 5.41) is 4.77. The standard InChI is InChI=1S/C17H22N2O3S2/c1-12(2)19-24(21,22)11-15-6-4-14(5-7-15)10-18-17(20)16-13(3)8-9-23-16/h4-9,12,19H,10-11H2,1-3H3,(H,18,20). The molecule has 1 aromatic heterocycles. The predicted molar refractivity (Wildman–Crippen MR) is 97.6 cm³/mol. The fourth-order valence-corrected chi connectivity index (χ4v) is 4.52. The van der Waals surface area contributed by atoms with Crippen LogP contribution in [0.2, 0.25) is 0 Å². The van der Waals surface area contributed by atoms with Crippen molar-refractivity contribution in [2.24, 2.45) is 0 Å². The number of carbonyl (C=O) groups is 1. The Balaban J connectivity index is 1.93. The molecule has 0 saturated heterocycles. The zero-order valence-electron chi connectivity index (χ0n) is 14.0. The van der Waals surface area contributed by atoms with Crippen molar-refractivity contribution in [3.05, 3.63) is 57.3 Å². The summed E-state index contributed by atoms with van der Waals surface area (Å²) in [4.78, 5) is 12.8. The highest BCUT2D eigenvalue weighted by Crippen LogP contribution is 2.15. The van der Waals surface area contributed by atoms with Crippen LogP contribution in [0.4, 0.5) is 0 Å². The van der Waals surface area contributed by atoms with Crippen LogP contribution < -0.4 is 10.0 Å². The summed E-state index contributed by atoms with van der Waals surface area (Å²) in [5.41, 5.74) is 2.61. The second-order valence-corrected chi connectivity index (χ2v) is 8.63. The molecule has 1 amide bonds. The van der Waals surface area contributed by atoms with Gasteiger partial charge in [-0.1, -0.05) is 24.3 Å². The summed E-state index contributed by atoms with van der Waals surface area (Å²) in [6.45, 7) is 5.90. The van der Waals surface area contributed by atoms with Crippen molar-refractivity contribution < 1.29 is 13.2 Å². The summed E-state index contributed by atoms with van der Waals surface area (Å²) in [6.07, 6.45) is 0. The first-order valence-corrected chi connectivity index (χ1v) is 10.2. The molecule has 0 aliphatic carbocycles. The van der Waals surface area contributed by atoms with Crippen LogP contribution in [0.3, 0.4) is 0 Å². The second-order valence-electron chi connectivity index (χ2n) is 5.96. The zero-order valence-corrected chi connectivity index (χ0v) is 15.6. The highest BCUT2D eigenvalue weighted by atomic mass is 32.2. The molecule has 0 spiro atoms. The van der Waals surface area contributed by atoms with Crippen molar-refractivity contribution in [1.29, 1.82) is 0 Å². The lowest BCUT2D eigenvalue weighted by atomic mass is 10.1. The smallest absolute Gasteiger partial charge is 0.261 e. The molecule has 7 heteroatoms. The van der Waals surface area contributed by atoms with Gasteiger partial charge in [0.05, 0.1) is 10.6 Å². The number of rotatable bonds is 7. The Bertz CT molecular complexity index is 793. The topological polar surface area (TPSA) is 75.3 Å². The predicted octanol–water partition coefficient (Wildman–Crippen LogP) is 2.81. The quantitative estimate of drug-likeness (QED) is 0.791. The third kappa shape index (κ3) is 5.43. The Morgan fingerprint density at radius 3 is 2.29 bits per heavy atom. The first kappa shape index (κ1) is 18.6. The van der Waals surface area contributed by atoms with E-state index < -0.39 is 10.0 Å². The second kappa shape index (κ2) is 7.92. The Hall–Kier alpha value is -1.70. The van der Waals surface area contributed by atoms with Crippen molar-refractivity contribution >= 4 is 27.3 Å². The van der Waals surface area contributed by atoms with Crippen LogP contribution in [-0.4, -0.2) is 20.4 Å². The average Bonchev–Trinajstić information content (AvgIpc) is 2.90. The molecule has 2 rings (SSSR count). The van der Waals surface area contributed by atoms with Gasteiger partial charge in [-0.25, -0.2) is 13.1 Å². The van der Waals surface area contributed by atoms with Gasteiger partial charge in [-0.05, 0) is 48.9 Å². The molecule has 1 aromatic carbocycles. The maximum Gasteiger partial charge on any atom is 0.261 e. The number of amides is 1. The van der Waals surface area contributed by atoms with Crippen LogP contribution in [0.15, 0.2) is 35.7 Å². The van der Waals surface area contributed by atoms with E-state index in [1.54, 1.807) is 26.0 Å². The van der Waals surface area contributed by atoms with Gasteiger partial charge in [0, 0.05) is 12.6 Å². The molecule has 2 aromatic rings. The van der Waals surface area contributed by atoms with Gasteiger partial charge < -0.3 is 5.32 Å². The van der Waals surface area contributed by atoms with E-state index in [9.17, 15) is 13.2 Å². The van der Waals surface area contributed by atoms with E-state index >= 15 is 0 Å². The Morgan fingerprint density at radius 2 is 1.75 bits per heavy atom. The number of aryl methyl sites for hydroxylation is 1. The minimum absolute atomic E-state index is 0.0494. The normalized spacial score (nSPS) is 11.7. The maximum absolute atomic E-state index is 12.1. The van der Waals surface area contributed by atoms with Crippen molar-refractivity contribution in [1.82, 2.24) is 10.0 Å². The van der Waals surface area contributed by atoms with E-state index in [1.165, 1.54) is 11.3 Å². The van der Waals surface area contributed by atoms with Gasteiger partial charge in [-0.3, -0.25) is 4.79 Å². The van der Waals surface area contributed by atoms with Crippen LogP contribution in [0.5, 0.6) is 0 Å². The Kier molecular flexibility index (Phi) is 6.15. The minimum Gasteiger partial charge on any atom is -0.347 e.